The third-order valence-electron chi connectivity index (χ3n) is 8.68. The lowest BCUT2D eigenvalue weighted by atomic mass is 9.99. The Bertz CT molecular complexity index is 1210. The fourth-order valence-electron chi connectivity index (χ4n) is 5.46. The van der Waals surface area contributed by atoms with Crippen molar-refractivity contribution in [3.8, 4) is 0 Å². The molecule has 0 radical (unpaired) electrons. The second-order valence-electron chi connectivity index (χ2n) is 13.7. The smallest absolute Gasteiger partial charge is 0.306 e. The van der Waals surface area contributed by atoms with E-state index in [9.17, 15) is 25.2 Å². The highest BCUT2D eigenvalue weighted by atomic mass is 16.7. The topological polar surface area (TPSA) is 135 Å². The molecule has 0 aliphatic carbocycles. The van der Waals surface area contributed by atoms with Gasteiger partial charge in [0.2, 0.25) is 0 Å². The Morgan fingerprint density at radius 2 is 1.04 bits per heavy atom. The van der Waals surface area contributed by atoms with E-state index in [2.05, 4.69) is 123 Å². The van der Waals surface area contributed by atoms with Gasteiger partial charge >= 0.3 is 5.97 Å². The molecule has 0 spiro atoms. The third kappa shape index (κ3) is 28.3. The summed E-state index contributed by atoms with van der Waals surface area (Å²) < 4.78 is 22.6. The SMILES string of the molecule is CC/C=C\C/C=C\C/C=C\C/C=C\C/C=C\CCCCCC(=O)OC(COCCC/C=C\C/C=C\C/C=C\C/C=C\CC)COC1OC(CO)C(O)C(O)C1O. The number of allylic oxidation sites excluding steroid dienone is 18. The molecular weight excluding hydrogens is 709 g/mol. The van der Waals surface area contributed by atoms with Crippen LogP contribution in [0.5, 0.6) is 0 Å². The van der Waals surface area contributed by atoms with Crippen molar-refractivity contribution in [2.75, 3.05) is 26.4 Å². The van der Waals surface area contributed by atoms with Crippen LogP contribution in [0.1, 0.15) is 117 Å². The summed E-state index contributed by atoms with van der Waals surface area (Å²) in [5.74, 6) is -0.370. The molecule has 0 aromatic carbocycles. The first-order valence-electron chi connectivity index (χ1n) is 21.0. The summed E-state index contributed by atoms with van der Waals surface area (Å²) in [6.07, 6.45) is 45.5. The van der Waals surface area contributed by atoms with E-state index in [-0.39, 0.29) is 25.6 Å². The van der Waals surface area contributed by atoms with Gasteiger partial charge < -0.3 is 39.4 Å². The van der Waals surface area contributed by atoms with Crippen LogP contribution in [0.25, 0.3) is 0 Å². The first-order chi connectivity index (χ1) is 27.4. The minimum Gasteiger partial charge on any atom is -0.457 e. The summed E-state index contributed by atoms with van der Waals surface area (Å²) in [7, 11) is 0. The largest absolute Gasteiger partial charge is 0.457 e. The van der Waals surface area contributed by atoms with Crippen LogP contribution in [0, 0.1) is 0 Å². The number of carbonyl (C=O) groups excluding carboxylic acids is 1. The van der Waals surface area contributed by atoms with Gasteiger partial charge in [0.25, 0.3) is 0 Å². The van der Waals surface area contributed by atoms with Crippen LogP contribution in [0.15, 0.2) is 109 Å². The summed E-state index contributed by atoms with van der Waals surface area (Å²) in [5, 5.41) is 40.0. The molecule has 56 heavy (non-hydrogen) atoms. The minimum atomic E-state index is -1.56. The summed E-state index contributed by atoms with van der Waals surface area (Å²) in [6.45, 7) is 4.10. The zero-order valence-electron chi connectivity index (χ0n) is 34.3. The molecule has 4 N–H and O–H groups in total. The van der Waals surface area contributed by atoms with Crippen LogP contribution < -0.4 is 0 Å². The van der Waals surface area contributed by atoms with Crippen LogP contribution >= 0.6 is 0 Å². The number of rotatable bonds is 33. The third-order valence-corrected chi connectivity index (χ3v) is 8.68. The Morgan fingerprint density at radius 1 is 0.571 bits per heavy atom. The monoisotopic (exact) mass is 783 g/mol. The zero-order chi connectivity index (χ0) is 40.7. The van der Waals surface area contributed by atoms with E-state index in [1.165, 1.54) is 0 Å². The van der Waals surface area contributed by atoms with Crippen LogP contribution in [0.2, 0.25) is 0 Å². The molecule has 6 unspecified atom stereocenters. The van der Waals surface area contributed by atoms with Crippen molar-refractivity contribution in [1.82, 2.24) is 0 Å². The maximum absolute atomic E-state index is 12.7. The van der Waals surface area contributed by atoms with Crippen LogP contribution in [-0.2, 0) is 23.7 Å². The van der Waals surface area contributed by atoms with Gasteiger partial charge in [-0.15, -0.1) is 0 Å². The van der Waals surface area contributed by atoms with E-state index >= 15 is 0 Å². The van der Waals surface area contributed by atoms with Gasteiger partial charge in [0.15, 0.2) is 6.29 Å². The number of unbranched alkanes of at least 4 members (excludes halogenated alkanes) is 4. The second-order valence-corrected chi connectivity index (χ2v) is 13.7. The van der Waals surface area contributed by atoms with E-state index in [1.54, 1.807) is 0 Å². The predicted octanol–water partition coefficient (Wildman–Crippen LogP) is 9.02. The molecule has 316 valence electrons. The van der Waals surface area contributed by atoms with Crippen molar-refractivity contribution in [3.63, 3.8) is 0 Å². The molecular formula is C47H74O9. The number of hydrogen-bond donors (Lipinski definition) is 4. The van der Waals surface area contributed by atoms with Gasteiger partial charge in [-0.2, -0.15) is 0 Å². The minimum absolute atomic E-state index is 0.0848. The van der Waals surface area contributed by atoms with Crippen LogP contribution in [0.4, 0.5) is 0 Å². The van der Waals surface area contributed by atoms with Crippen molar-refractivity contribution in [1.29, 1.82) is 0 Å². The number of hydrogen-bond acceptors (Lipinski definition) is 9. The van der Waals surface area contributed by atoms with E-state index in [4.69, 9.17) is 18.9 Å². The lowest BCUT2D eigenvalue weighted by molar-refractivity contribution is -0.305. The van der Waals surface area contributed by atoms with Crippen molar-refractivity contribution in [3.05, 3.63) is 109 Å². The number of carbonyl (C=O) groups is 1. The summed E-state index contributed by atoms with van der Waals surface area (Å²) >= 11 is 0. The molecule has 9 heteroatoms. The summed E-state index contributed by atoms with van der Waals surface area (Å²) in [6, 6.07) is 0. The predicted molar refractivity (Wildman–Crippen MR) is 228 cm³/mol. The fourth-order valence-corrected chi connectivity index (χ4v) is 5.46. The quantitative estimate of drug-likeness (QED) is 0.0292. The maximum atomic E-state index is 12.7. The van der Waals surface area contributed by atoms with Crippen molar-refractivity contribution in [2.45, 2.75) is 153 Å². The molecule has 9 nitrogen and oxygen atoms in total. The summed E-state index contributed by atoms with van der Waals surface area (Å²) in [4.78, 5) is 12.7. The molecule has 0 amide bonds. The molecule has 0 bridgehead atoms. The van der Waals surface area contributed by atoms with Gasteiger partial charge in [0.05, 0.1) is 19.8 Å². The van der Waals surface area contributed by atoms with Gasteiger partial charge in [-0.1, -0.05) is 130 Å². The highest BCUT2D eigenvalue weighted by molar-refractivity contribution is 5.69. The summed E-state index contributed by atoms with van der Waals surface area (Å²) in [5.41, 5.74) is 0. The average molecular weight is 783 g/mol. The first-order valence-corrected chi connectivity index (χ1v) is 21.0. The Labute approximate surface area is 338 Å². The Morgan fingerprint density at radius 3 is 1.52 bits per heavy atom. The molecule has 1 saturated heterocycles. The van der Waals surface area contributed by atoms with Crippen molar-refractivity contribution >= 4 is 5.97 Å². The normalized spacial score (nSPS) is 21.7. The first kappa shape index (κ1) is 50.9. The highest BCUT2D eigenvalue weighted by Gasteiger charge is 2.44. The Balaban J connectivity index is 2.38. The standard InChI is InChI=1S/C47H74O9/c1-3-5-7-9-11-13-15-17-19-20-21-22-23-24-26-28-30-32-34-36-43(49)55-41(40-54-47-46(52)45(51)44(50)42(38-48)56-47)39-53-37-35-33-31-29-27-25-18-16-14-12-10-8-6-4-2/h5-8,11-14,17-19,21-22,24-26,29,31,41-42,44-48,50-52H,3-4,9-10,15-16,20,23,27-28,30,32-40H2,1-2H3/b7-5-,8-6-,13-11-,14-12-,19-17-,22-21-,25-18-,26-24-,31-29-. The number of esters is 1. The second kappa shape index (κ2) is 37.4. The Hall–Kier alpha value is -3.15. The molecule has 1 heterocycles. The van der Waals surface area contributed by atoms with E-state index in [0.717, 1.165) is 89.9 Å². The molecule has 0 aromatic rings. The average Bonchev–Trinajstić information content (AvgIpc) is 3.20. The number of aliphatic hydroxyl groups is 4. The maximum Gasteiger partial charge on any atom is 0.306 e. The lowest BCUT2D eigenvalue weighted by Crippen LogP contribution is -2.59. The van der Waals surface area contributed by atoms with Gasteiger partial charge in [-0.05, 0) is 89.9 Å². The molecule has 1 aliphatic rings. The van der Waals surface area contributed by atoms with Crippen molar-refractivity contribution < 1.29 is 44.2 Å². The fraction of sp³-hybridized carbons (Fsp3) is 0.596. The molecule has 0 saturated carbocycles. The molecule has 6 atom stereocenters. The van der Waals surface area contributed by atoms with Crippen LogP contribution in [0.3, 0.4) is 0 Å². The van der Waals surface area contributed by atoms with E-state index in [1.807, 2.05) is 0 Å². The number of aliphatic hydroxyl groups excluding tert-OH is 4. The van der Waals surface area contributed by atoms with Gasteiger partial charge in [-0.25, -0.2) is 0 Å². The highest BCUT2D eigenvalue weighted by Crippen LogP contribution is 2.22. The van der Waals surface area contributed by atoms with Gasteiger partial charge in [0, 0.05) is 13.0 Å². The van der Waals surface area contributed by atoms with E-state index in [0.29, 0.717) is 13.0 Å². The molecule has 1 rings (SSSR count). The lowest BCUT2D eigenvalue weighted by Gasteiger charge is -2.39. The molecule has 1 aliphatic heterocycles. The Kier molecular flexibility index (Phi) is 34.0. The van der Waals surface area contributed by atoms with Crippen molar-refractivity contribution in [2.24, 2.45) is 0 Å². The van der Waals surface area contributed by atoms with Gasteiger partial charge in [-0.3, -0.25) is 4.79 Å². The zero-order valence-corrected chi connectivity index (χ0v) is 34.3. The van der Waals surface area contributed by atoms with Crippen LogP contribution in [-0.4, -0.2) is 89.6 Å². The number of ether oxygens (including phenoxy) is 4. The van der Waals surface area contributed by atoms with E-state index < -0.39 is 43.4 Å². The molecule has 0 aromatic heterocycles. The van der Waals surface area contributed by atoms with Gasteiger partial charge in [0.1, 0.15) is 30.5 Å². The molecule has 1 fully saturated rings.